The Labute approximate surface area is 201 Å². The van der Waals surface area contributed by atoms with Crippen LogP contribution in [0.5, 0.6) is 0 Å². The number of hydrogen-bond donors (Lipinski definition) is 3. The van der Waals surface area contributed by atoms with Crippen molar-refractivity contribution in [3.8, 4) is 11.1 Å². The summed E-state index contributed by atoms with van der Waals surface area (Å²) in [5, 5.41) is 14.3. The molecular weight excluding hydrogens is 451 g/mol. The van der Waals surface area contributed by atoms with Gasteiger partial charge in [0, 0.05) is 12.0 Å². The maximum absolute atomic E-state index is 13.9. The lowest BCUT2D eigenvalue weighted by atomic mass is 9.98. The van der Waals surface area contributed by atoms with Crippen LogP contribution in [0.3, 0.4) is 0 Å². The van der Waals surface area contributed by atoms with E-state index in [2.05, 4.69) is 10.6 Å². The lowest BCUT2D eigenvalue weighted by molar-refractivity contribution is -0.120. The van der Waals surface area contributed by atoms with Gasteiger partial charge in [0.05, 0.1) is 11.6 Å². The molecule has 4 rings (SSSR count). The Bertz CT molecular complexity index is 1250. The molecule has 2 atom stereocenters. The maximum Gasteiger partial charge on any atom is 0.407 e. The Morgan fingerprint density at radius 1 is 0.943 bits per heavy atom. The van der Waals surface area contributed by atoms with E-state index in [1.54, 1.807) is 13.8 Å². The summed E-state index contributed by atoms with van der Waals surface area (Å²) < 4.78 is 19.4. The highest BCUT2D eigenvalue weighted by atomic mass is 19.1. The molecule has 0 radical (unpaired) electrons. The number of aromatic carboxylic acids is 1. The molecule has 0 bridgehead atoms. The number of carboxylic acid groups (broad SMARTS) is 1. The molecule has 8 heteroatoms. The first-order chi connectivity index (χ1) is 16.8. The molecule has 0 aromatic heterocycles. The van der Waals surface area contributed by atoms with Gasteiger partial charge >= 0.3 is 12.1 Å². The van der Waals surface area contributed by atoms with Gasteiger partial charge in [-0.05, 0) is 41.3 Å². The number of fused-ring (bicyclic) bond motifs is 3. The van der Waals surface area contributed by atoms with Gasteiger partial charge in [0.2, 0.25) is 5.91 Å². The summed E-state index contributed by atoms with van der Waals surface area (Å²) in [5.74, 6) is -3.85. The van der Waals surface area contributed by atoms with Crippen molar-refractivity contribution in [2.75, 3.05) is 11.9 Å². The van der Waals surface area contributed by atoms with Crippen LogP contribution < -0.4 is 10.6 Å². The molecule has 0 saturated heterocycles. The fourth-order valence-electron chi connectivity index (χ4n) is 4.27. The van der Waals surface area contributed by atoms with Gasteiger partial charge in [-0.2, -0.15) is 0 Å². The summed E-state index contributed by atoms with van der Waals surface area (Å²) in [5.41, 5.74) is 3.65. The van der Waals surface area contributed by atoms with Crippen LogP contribution in [0.25, 0.3) is 11.1 Å². The topological polar surface area (TPSA) is 105 Å². The second-order valence-corrected chi connectivity index (χ2v) is 8.50. The van der Waals surface area contributed by atoms with Crippen molar-refractivity contribution in [1.82, 2.24) is 5.32 Å². The number of carbonyl (C=O) groups is 3. The number of amides is 2. The van der Waals surface area contributed by atoms with Crippen LogP contribution in [-0.4, -0.2) is 35.7 Å². The van der Waals surface area contributed by atoms with E-state index < -0.39 is 41.3 Å². The van der Waals surface area contributed by atoms with Crippen LogP contribution in [0.2, 0.25) is 0 Å². The van der Waals surface area contributed by atoms with E-state index in [1.807, 2.05) is 48.5 Å². The second-order valence-electron chi connectivity index (χ2n) is 8.50. The van der Waals surface area contributed by atoms with Crippen LogP contribution in [0, 0.1) is 11.7 Å². The molecule has 7 nitrogen and oxygen atoms in total. The monoisotopic (exact) mass is 476 g/mol. The largest absolute Gasteiger partial charge is 0.478 e. The molecule has 180 valence electrons. The quantitative estimate of drug-likeness (QED) is 0.444. The zero-order valence-electron chi connectivity index (χ0n) is 19.2. The summed E-state index contributed by atoms with van der Waals surface area (Å²) in [6, 6.07) is 19.0. The summed E-state index contributed by atoms with van der Waals surface area (Å²) >= 11 is 0. The van der Waals surface area contributed by atoms with Crippen molar-refractivity contribution in [3.63, 3.8) is 0 Å². The Hall–Kier alpha value is -4.20. The fourth-order valence-corrected chi connectivity index (χ4v) is 4.27. The Balaban J connectivity index is 1.37. The molecule has 0 fully saturated rings. The predicted octanol–water partition coefficient (Wildman–Crippen LogP) is 5.03. The Kier molecular flexibility index (Phi) is 6.82. The van der Waals surface area contributed by atoms with E-state index in [9.17, 15) is 23.9 Å². The SMILES string of the molecule is CC(NC(=O)OCC1c2ccccc2-c2ccccc21)C(C)C(=O)Nc1cccc(F)c1C(=O)O. The first-order valence-electron chi connectivity index (χ1n) is 11.2. The molecule has 2 amide bonds. The van der Waals surface area contributed by atoms with Crippen LogP contribution >= 0.6 is 0 Å². The van der Waals surface area contributed by atoms with E-state index >= 15 is 0 Å². The van der Waals surface area contributed by atoms with Gasteiger partial charge in [0.25, 0.3) is 0 Å². The summed E-state index contributed by atoms with van der Waals surface area (Å²) in [6.07, 6.45) is -0.670. The van der Waals surface area contributed by atoms with Crippen LogP contribution in [-0.2, 0) is 9.53 Å². The standard InChI is InChI=1S/C27H25FN2O5/c1-15(25(31)30-23-13-7-12-22(28)24(23)26(32)33)16(2)29-27(34)35-14-21-19-10-5-3-8-17(19)18-9-4-6-11-20(18)21/h3-13,15-16,21H,14H2,1-2H3,(H,29,34)(H,30,31)(H,32,33). The minimum absolute atomic E-state index is 0.0911. The minimum atomic E-state index is -1.49. The molecule has 0 heterocycles. The number of ether oxygens (including phenoxy) is 1. The molecule has 1 aliphatic rings. The number of alkyl carbamates (subject to hydrolysis) is 1. The summed E-state index contributed by atoms with van der Waals surface area (Å²) in [7, 11) is 0. The number of nitrogens with one attached hydrogen (secondary N) is 2. The van der Waals surface area contributed by atoms with Gasteiger partial charge in [-0.15, -0.1) is 0 Å². The van der Waals surface area contributed by atoms with E-state index in [0.717, 1.165) is 28.3 Å². The molecule has 0 spiro atoms. The van der Waals surface area contributed by atoms with E-state index in [1.165, 1.54) is 12.1 Å². The van der Waals surface area contributed by atoms with Gasteiger partial charge in [-0.1, -0.05) is 61.5 Å². The first kappa shape index (κ1) is 23.9. The van der Waals surface area contributed by atoms with E-state index in [-0.39, 0.29) is 18.2 Å². The average molecular weight is 477 g/mol. The van der Waals surface area contributed by atoms with Crippen molar-refractivity contribution in [2.24, 2.45) is 5.92 Å². The molecule has 0 saturated carbocycles. The van der Waals surface area contributed by atoms with E-state index in [0.29, 0.717) is 0 Å². The van der Waals surface area contributed by atoms with Gasteiger partial charge < -0.3 is 20.5 Å². The molecule has 35 heavy (non-hydrogen) atoms. The number of hydrogen-bond acceptors (Lipinski definition) is 4. The third kappa shape index (κ3) is 4.87. The van der Waals surface area contributed by atoms with Crippen molar-refractivity contribution in [1.29, 1.82) is 0 Å². The molecule has 1 aliphatic carbocycles. The number of halogens is 1. The van der Waals surface area contributed by atoms with Crippen LogP contribution in [0.15, 0.2) is 66.7 Å². The van der Waals surface area contributed by atoms with Crippen molar-refractivity contribution >= 4 is 23.7 Å². The molecule has 3 aromatic carbocycles. The molecule has 0 aliphatic heterocycles. The maximum atomic E-state index is 13.9. The highest BCUT2D eigenvalue weighted by Crippen LogP contribution is 2.44. The molecule has 3 aromatic rings. The molecule has 2 unspecified atom stereocenters. The zero-order valence-corrected chi connectivity index (χ0v) is 19.2. The Morgan fingerprint density at radius 2 is 1.54 bits per heavy atom. The zero-order chi connectivity index (χ0) is 25.1. The van der Waals surface area contributed by atoms with Gasteiger partial charge in [0.15, 0.2) is 0 Å². The third-order valence-corrected chi connectivity index (χ3v) is 6.34. The van der Waals surface area contributed by atoms with Crippen molar-refractivity contribution in [3.05, 3.63) is 89.2 Å². The van der Waals surface area contributed by atoms with Crippen molar-refractivity contribution in [2.45, 2.75) is 25.8 Å². The summed E-state index contributed by atoms with van der Waals surface area (Å²) in [6.45, 7) is 3.34. The average Bonchev–Trinajstić information content (AvgIpc) is 3.15. The highest BCUT2D eigenvalue weighted by Gasteiger charge is 2.30. The van der Waals surface area contributed by atoms with Gasteiger partial charge in [-0.3, -0.25) is 4.79 Å². The molecule has 3 N–H and O–H groups in total. The predicted molar refractivity (Wildman–Crippen MR) is 129 cm³/mol. The fraction of sp³-hybridized carbons (Fsp3) is 0.222. The summed E-state index contributed by atoms with van der Waals surface area (Å²) in [4.78, 5) is 36.5. The first-order valence-corrected chi connectivity index (χ1v) is 11.2. The van der Waals surface area contributed by atoms with Crippen LogP contribution in [0.4, 0.5) is 14.9 Å². The lowest BCUT2D eigenvalue weighted by Gasteiger charge is -2.22. The minimum Gasteiger partial charge on any atom is -0.478 e. The highest BCUT2D eigenvalue weighted by molar-refractivity contribution is 6.01. The number of benzene rings is 3. The van der Waals surface area contributed by atoms with E-state index in [4.69, 9.17) is 4.74 Å². The van der Waals surface area contributed by atoms with Crippen LogP contribution in [0.1, 0.15) is 41.3 Å². The molecular formula is C27H25FN2O5. The van der Waals surface area contributed by atoms with Gasteiger partial charge in [0.1, 0.15) is 18.0 Å². The number of anilines is 1. The smallest absolute Gasteiger partial charge is 0.407 e. The number of rotatable bonds is 7. The number of carbonyl (C=O) groups excluding carboxylic acids is 2. The Morgan fingerprint density at radius 3 is 2.14 bits per heavy atom. The third-order valence-electron chi connectivity index (χ3n) is 6.34. The second kappa shape index (κ2) is 9.97. The van der Waals surface area contributed by atoms with Gasteiger partial charge in [-0.25, -0.2) is 14.0 Å². The normalized spacial score (nSPS) is 13.8. The lowest BCUT2D eigenvalue weighted by Crippen LogP contribution is -2.42. The number of carboxylic acids is 1. The van der Waals surface area contributed by atoms with Crippen molar-refractivity contribution < 1.29 is 28.6 Å².